The smallest absolute Gasteiger partial charge is 0.251 e. The van der Waals surface area contributed by atoms with Crippen LogP contribution in [-0.4, -0.2) is 5.91 Å². The van der Waals surface area contributed by atoms with Crippen molar-refractivity contribution in [3.05, 3.63) is 35.9 Å². The van der Waals surface area contributed by atoms with Crippen LogP contribution in [0.5, 0.6) is 0 Å². The van der Waals surface area contributed by atoms with Gasteiger partial charge in [0.2, 0.25) is 0 Å². The normalized spacial score (nSPS) is 11.4. The van der Waals surface area contributed by atoms with Crippen molar-refractivity contribution in [2.24, 2.45) is 11.8 Å². The minimum absolute atomic E-state index is 0.389. The summed E-state index contributed by atoms with van der Waals surface area (Å²) in [7, 11) is 0. The van der Waals surface area contributed by atoms with Crippen LogP contribution in [0.25, 0.3) is 0 Å². The van der Waals surface area contributed by atoms with E-state index in [1.54, 1.807) is 0 Å². The van der Waals surface area contributed by atoms with Crippen LogP contribution in [0.2, 0.25) is 0 Å². The highest BCUT2D eigenvalue weighted by Crippen LogP contribution is 2.07. The molecule has 0 saturated heterocycles. The number of nitriles is 1. The third kappa shape index (κ3) is 2.57. The molecular weight excluding hydrogens is 178 g/mol. The van der Waals surface area contributed by atoms with Gasteiger partial charge >= 0.3 is 0 Å². The molecule has 0 aliphatic rings. The first-order valence-corrected chi connectivity index (χ1v) is 4.22. The van der Waals surface area contributed by atoms with Crippen molar-refractivity contribution in [3.8, 4) is 6.07 Å². The summed E-state index contributed by atoms with van der Waals surface area (Å²) in [4.78, 5) is 11.1. The van der Waals surface area contributed by atoms with Gasteiger partial charge in [-0.1, -0.05) is 30.3 Å². The van der Waals surface area contributed by atoms with Crippen molar-refractivity contribution in [1.29, 1.82) is 5.26 Å². The summed E-state index contributed by atoms with van der Waals surface area (Å²) in [6.07, 6.45) is 0.389. The Bertz CT molecular complexity index is 342. The van der Waals surface area contributed by atoms with E-state index >= 15 is 0 Å². The summed E-state index contributed by atoms with van der Waals surface area (Å²) < 4.78 is 0. The Balaban J connectivity index is 2.68. The third-order valence-corrected chi connectivity index (χ3v) is 1.90. The zero-order valence-corrected chi connectivity index (χ0v) is 7.60. The molecule has 3 N–H and O–H groups in total. The molecular formula is C10H11N3O. The maximum Gasteiger partial charge on any atom is 0.251 e. The molecule has 0 aliphatic carbocycles. The standard InChI is InChI=1S/C10H11N3O/c11-7-9(10(14)13-12)6-8-4-2-1-3-5-8/h1-5,9H,6,12H2,(H,13,14)/t9-/m1/s1. The average Bonchev–Trinajstić information content (AvgIpc) is 2.26. The highest BCUT2D eigenvalue weighted by molar-refractivity contribution is 5.80. The quantitative estimate of drug-likeness (QED) is 0.409. The van der Waals surface area contributed by atoms with Crippen molar-refractivity contribution in [3.63, 3.8) is 0 Å². The summed E-state index contributed by atoms with van der Waals surface area (Å²) in [6.45, 7) is 0. The van der Waals surface area contributed by atoms with Gasteiger partial charge in [0, 0.05) is 0 Å². The Labute approximate surface area is 82.3 Å². The van der Waals surface area contributed by atoms with Crippen LogP contribution in [-0.2, 0) is 11.2 Å². The molecule has 14 heavy (non-hydrogen) atoms. The van der Waals surface area contributed by atoms with Gasteiger partial charge in [0.15, 0.2) is 0 Å². The first kappa shape index (κ1) is 10.2. The fraction of sp³-hybridized carbons (Fsp3) is 0.200. The molecule has 1 amide bonds. The van der Waals surface area contributed by atoms with Gasteiger partial charge in [-0.3, -0.25) is 10.2 Å². The Morgan fingerprint density at radius 1 is 1.50 bits per heavy atom. The molecule has 4 heteroatoms. The molecule has 1 rings (SSSR count). The van der Waals surface area contributed by atoms with E-state index in [9.17, 15) is 4.79 Å². The highest BCUT2D eigenvalue weighted by Gasteiger charge is 2.16. The van der Waals surface area contributed by atoms with Crippen LogP contribution >= 0.6 is 0 Å². The number of carbonyl (C=O) groups is 1. The van der Waals surface area contributed by atoms with Gasteiger partial charge in [-0.05, 0) is 12.0 Å². The lowest BCUT2D eigenvalue weighted by molar-refractivity contribution is -0.123. The second-order valence-electron chi connectivity index (χ2n) is 2.88. The second kappa shape index (κ2) is 5.00. The molecule has 1 aromatic rings. The van der Waals surface area contributed by atoms with Crippen LogP contribution in [0.4, 0.5) is 0 Å². The maximum absolute atomic E-state index is 11.1. The van der Waals surface area contributed by atoms with E-state index in [-0.39, 0.29) is 0 Å². The first-order valence-electron chi connectivity index (χ1n) is 4.22. The van der Waals surface area contributed by atoms with E-state index in [2.05, 4.69) is 0 Å². The van der Waals surface area contributed by atoms with Crippen LogP contribution in [0.1, 0.15) is 5.56 Å². The molecule has 1 aromatic carbocycles. The number of benzene rings is 1. The number of nitrogens with two attached hydrogens (primary N) is 1. The highest BCUT2D eigenvalue weighted by atomic mass is 16.2. The Kier molecular flexibility index (Phi) is 3.65. The summed E-state index contributed by atoms with van der Waals surface area (Å²) in [5, 5.41) is 8.72. The molecule has 0 aliphatic heterocycles. The summed E-state index contributed by atoms with van der Waals surface area (Å²) in [5.74, 6) is 3.78. The Morgan fingerprint density at radius 3 is 2.64 bits per heavy atom. The van der Waals surface area contributed by atoms with Gasteiger partial charge in [-0.2, -0.15) is 5.26 Å². The zero-order chi connectivity index (χ0) is 10.4. The monoisotopic (exact) mass is 189 g/mol. The molecule has 0 aromatic heterocycles. The Morgan fingerprint density at radius 2 is 2.14 bits per heavy atom. The van der Waals surface area contributed by atoms with E-state index in [0.717, 1.165) is 5.56 Å². The minimum Gasteiger partial charge on any atom is -0.293 e. The predicted octanol–water partition coefficient (Wildman–Crippen LogP) is 0.359. The lowest BCUT2D eigenvalue weighted by Gasteiger charge is -2.06. The number of hydrazine groups is 1. The number of hydrogen-bond donors (Lipinski definition) is 2. The molecule has 0 saturated carbocycles. The van der Waals surface area contributed by atoms with Crippen LogP contribution in [0.15, 0.2) is 30.3 Å². The molecule has 0 spiro atoms. The minimum atomic E-state index is -0.720. The van der Waals surface area contributed by atoms with E-state index in [0.29, 0.717) is 6.42 Å². The van der Waals surface area contributed by atoms with E-state index in [1.807, 2.05) is 41.8 Å². The molecule has 4 nitrogen and oxygen atoms in total. The predicted molar refractivity (Wildman–Crippen MR) is 51.6 cm³/mol. The molecule has 1 atom stereocenters. The Hall–Kier alpha value is -1.86. The molecule has 0 unspecified atom stereocenters. The molecule has 0 radical (unpaired) electrons. The number of rotatable bonds is 3. The van der Waals surface area contributed by atoms with Crippen molar-refractivity contribution < 1.29 is 4.79 Å². The average molecular weight is 189 g/mol. The third-order valence-electron chi connectivity index (χ3n) is 1.90. The van der Waals surface area contributed by atoms with Gasteiger partial charge < -0.3 is 0 Å². The summed E-state index contributed by atoms with van der Waals surface area (Å²) in [6, 6.07) is 11.3. The van der Waals surface area contributed by atoms with Crippen LogP contribution < -0.4 is 11.3 Å². The van der Waals surface area contributed by atoms with E-state index < -0.39 is 11.8 Å². The van der Waals surface area contributed by atoms with Crippen molar-refractivity contribution >= 4 is 5.91 Å². The van der Waals surface area contributed by atoms with Gasteiger partial charge in [-0.15, -0.1) is 0 Å². The fourth-order valence-corrected chi connectivity index (χ4v) is 1.15. The number of carbonyl (C=O) groups excluding carboxylic acids is 1. The number of hydrogen-bond acceptors (Lipinski definition) is 3. The number of nitrogens with zero attached hydrogens (tertiary/aromatic N) is 1. The van der Waals surface area contributed by atoms with E-state index in [4.69, 9.17) is 11.1 Å². The van der Waals surface area contributed by atoms with Gasteiger partial charge in [0.25, 0.3) is 5.91 Å². The van der Waals surface area contributed by atoms with Gasteiger partial charge in [-0.25, -0.2) is 5.84 Å². The van der Waals surface area contributed by atoms with Crippen molar-refractivity contribution in [2.75, 3.05) is 0 Å². The number of nitrogens with one attached hydrogen (secondary N) is 1. The molecule has 0 bridgehead atoms. The summed E-state index contributed by atoms with van der Waals surface area (Å²) in [5.41, 5.74) is 2.92. The SMILES string of the molecule is N#C[C@@H](Cc1ccccc1)C(=O)NN. The zero-order valence-electron chi connectivity index (χ0n) is 7.60. The number of amides is 1. The van der Waals surface area contributed by atoms with Crippen LogP contribution in [0.3, 0.4) is 0 Å². The van der Waals surface area contributed by atoms with E-state index in [1.165, 1.54) is 0 Å². The van der Waals surface area contributed by atoms with Gasteiger partial charge in [0.1, 0.15) is 5.92 Å². The molecule has 0 heterocycles. The van der Waals surface area contributed by atoms with Crippen molar-refractivity contribution in [2.45, 2.75) is 6.42 Å². The lowest BCUT2D eigenvalue weighted by Crippen LogP contribution is -2.36. The largest absolute Gasteiger partial charge is 0.293 e. The molecule has 0 fully saturated rings. The lowest BCUT2D eigenvalue weighted by atomic mass is 10.0. The topological polar surface area (TPSA) is 78.9 Å². The first-order chi connectivity index (χ1) is 6.77. The molecule has 72 valence electrons. The van der Waals surface area contributed by atoms with Gasteiger partial charge in [0.05, 0.1) is 6.07 Å². The van der Waals surface area contributed by atoms with Crippen LogP contribution in [0, 0.1) is 17.2 Å². The fourth-order valence-electron chi connectivity index (χ4n) is 1.15. The second-order valence-corrected chi connectivity index (χ2v) is 2.88. The summed E-state index contributed by atoms with van der Waals surface area (Å²) >= 11 is 0. The maximum atomic E-state index is 11.1. The van der Waals surface area contributed by atoms with Crippen molar-refractivity contribution in [1.82, 2.24) is 5.43 Å².